The predicted octanol–water partition coefficient (Wildman–Crippen LogP) is 3.29. The lowest BCUT2D eigenvalue weighted by Gasteiger charge is -2.30. The molecule has 0 aliphatic heterocycles. The van der Waals surface area contributed by atoms with Crippen LogP contribution in [0.1, 0.15) is 50.9 Å². The highest BCUT2D eigenvalue weighted by atomic mass is 16.2. The summed E-state index contributed by atoms with van der Waals surface area (Å²) < 4.78 is 0. The van der Waals surface area contributed by atoms with Gasteiger partial charge in [0.1, 0.15) is 0 Å². The van der Waals surface area contributed by atoms with E-state index in [9.17, 15) is 9.59 Å². The van der Waals surface area contributed by atoms with E-state index in [1.807, 2.05) is 50.8 Å². The molecule has 0 bridgehead atoms. The van der Waals surface area contributed by atoms with Crippen LogP contribution in [0.2, 0.25) is 0 Å². The monoisotopic (exact) mass is 261 g/mol. The van der Waals surface area contributed by atoms with Gasteiger partial charge in [-0.05, 0) is 27.7 Å². The van der Waals surface area contributed by atoms with Crippen LogP contribution in [0.4, 0.5) is 0 Å². The molecule has 0 radical (unpaired) electrons. The summed E-state index contributed by atoms with van der Waals surface area (Å²) in [4.78, 5) is 25.9. The zero-order valence-electron chi connectivity index (χ0n) is 12.2. The second kappa shape index (κ2) is 7.07. The van der Waals surface area contributed by atoms with Crippen molar-refractivity contribution in [2.45, 2.75) is 52.6 Å². The van der Waals surface area contributed by atoms with Gasteiger partial charge in [-0.2, -0.15) is 0 Å². The number of Topliss-reactive ketones (excluding diaryl/α,β-unsaturated/α-hetero) is 1. The average Bonchev–Trinajstić information content (AvgIpc) is 2.36. The molecular formula is C16H23NO2. The van der Waals surface area contributed by atoms with Gasteiger partial charge >= 0.3 is 0 Å². The van der Waals surface area contributed by atoms with Crippen molar-refractivity contribution >= 4 is 11.7 Å². The molecule has 0 atom stereocenters. The predicted molar refractivity (Wildman–Crippen MR) is 77.1 cm³/mol. The SMILES string of the molecule is CC(C)N(C(=O)CCC(=O)c1ccccc1)C(C)C. The van der Waals surface area contributed by atoms with Crippen molar-refractivity contribution in [3.63, 3.8) is 0 Å². The lowest BCUT2D eigenvalue weighted by molar-refractivity contribution is -0.134. The average molecular weight is 261 g/mol. The maximum Gasteiger partial charge on any atom is 0.223 e. The molecule has 19 heavy (non-hydrogen) atoms. The van der Waals surface area contributed by atoms with Crippen molar-refractivity contribution in [1.82, 2.24) is 4.90 Å². The molecular weight excluding hydrogens is 238 g/mol. The highest BCUT2D eigenvalue weighted by Gasteiger charge is 2.20. The van der Waals surface area contributed by atoms with Crippen LogP contribution in [0.15, 0.2) is 30.3 Å². The van der Waals surface area contributed by atoms with Crippen LogP contribution < -0.4 is 0 Å². The summed E-state index contributed by atoms with van der Waals surface area (Å²) in [5.41, 5.74) is 0.677. The van der Waals surface area contributed by atoms with Gasteiger partial charge in [0.05, 0.1) is 0 Å². The van der Waals surface area contributed by atoms with Crippen LogP contribution in [-0.4, -0.2) is 28.7 Å². The molecule has 0 saturated heterocycles. The number of hydrogen-bond acceptors (Lipinski definition) is 2. The molecule has 0 aliphatic carbocycles. The molecule has 0 saturated carbocycles. The van der Waals surface area contributed by atoms with Crippen LogP contribution in [0, 0.1) is 0 Å². The largest absolute Gasteiger partial charge is 0.338 e. The summed E-state index contributed by atoms with van der Waals surface area (Å²) in [5, 5.41) is 0. The van der Waals surface area contributed by atoms with Gasteiger partial charge < -0.3 is 4.90 Å². The zero-order valence-corrected chi connectivity index (χ0v) is 12.2. The Morgan fingerprint density at radius 1 is 0.947 bits per heavy atom. The molecule has 104 valence electrons. The number of ketones is 1. The first-order valence-corrected chi connectivity index (χ1v) is 6.83. The lowest BCUT2D eigenvalue weighted by atomic mass is 10.1. The van der Waals surface area contributed by atoms with Gasteiger partial charge in [-0.15, -0.1) is 0 Å². The quantitative estimate of drug-likeness (QED) is 0.737. The molecule has 1 aromatic rings. The topological polar surface area (TPSA) is 37.4 Å². The van der Waals surface area contributed by atoms with E-state index in [1.165, 1.54) is 0 Å². The molecule has 1 amide bonds. The summed E-state index contributed by atoms with van der Waals surface area (Å²) >= 11 is 0. The van der Waals surface area contributed by atoms with Crippen molar-refractivity contribution in [2.75, 3.05) is 0 Å². The smallest absolute Gasteiger partial charge is 0.223 e. The Morgan fingerprint density at radius 2 is 1.47 bits per heavy atom. The minimum Gasteiger partial charge on any atom is -0.338 e. The molecule has 3 heteroatoms. The zero-order chi connectivity index (χ0) is 14.4. The first-order chi connectivity index (χ1) is 8.93. The number of rotatable bonds is 6. The minimum atomic E-state index is 0.0291. The first kappa shape index (κ1) is 15.4. The lowest BCUT2D eigenvalue weighted by Crippen LogP contribution is -2.42. The molecule has 0 N–H and O–H groups in total. The van der Waals surface area contributed by atoms with Gasteiger partial charge in [0, 0.05) is 30.5 Å². The maximum atomic E-state index is 12.1. The summed E-state index contributed by atoms with van der Waals surface area (Å²) in [6.07, 6.45) is 0.558. The van der Waals surface area contributed by atoms with Gasteiger partial charge in [-0.3, -0.25) is 9.59 Å². The third-order valence-corrected chi connectivity index (χ3v) is 3.06. The van der Waals surface area contributed by atoms with E-state index in [0.29, 0.717) is 5.56 Å². The van der Waals surface area contributed by atoms with Gasteiger partial charge in [0.2, 0.25) is 5.91 Å². The number of nitrogens with zero attached hydrogens (tertiary/aromatic N) is 1. The molecule has 1 aromatic carbocycles. The molecule has 0 heterocycles. The van der Waals surface area contributed by atoms with Gasteiger partial charge in [-0.25, -0.2) is 0 Å². The molecule has 1 rings (SSSR count). The number of carbonyl (C=O) groups is 2. The van der Waals surface area contributed by atoms with E-state index in [1.54, 1.807) is 12.1 Å². The Kier molecular flexibility index (Phi) is 5.74. The van der Waals surface area contributed by atoms with Crippen molar-refractivity contribution < 1.29 is 9.59 Å². The second-order valence-corrected chi connectivity index (χ2v) is 5.28. The van der Waals surface area contributed by atoms with Gasteiger partial charge in [-0.1, -0.05) is 30.3 Å². The Balaban J connectivity index is 2.57. The fourth-order valence-corrected chi connectivity index (χ4v) is 2.29. The minimum absolute atomic E-state index is 0.0291. The van der Waals surface area contributed by atoms with Crippen molar-refractivity contribution in [1.29, 1.82) is 0 Å². The number of amides is 1. The standard InChI is InChI=1S/C16H23NO2/c1-12(2)17(13(3)4)16(19)11-10-15(18)14-8-6-5-7-9-14/h5-9,12-13H,10-11H2,1-4H3. The molecule has 0 aromatic heterocycles. The van der Waals surface area contributed by atoms with Crippen LogP contribution in [0.25, 0.3) is 0 Å². The molecule has 0 unspecified atom stereocenters. The van der Waals surface area contributed by atoms with E-state index in [2.05, 4.69) is 0 Å². The molecule has 0 aliphatic rings. The van der Waals surface area contributed by atoms with E-state index < -0.39 is 0 Å². The van der Waals surface area contributed by atoms with Crippen molar-refractivity contribution in [2.24, 2.45) is 0 Å². The Hall–Kier alpha value is -1.64. The first-order valence-electron chi connectivity index (χ1n) is 6.83. The van der Waals surface area contributed by atoms with E-state index in [0.717, 1.165) is 0 Å². The van der Waals surface area contributed by atoms with Crippen LogP contribution in [0.5, 0.6) is 0 Å². The molecule has 0 fully saturated rings. The van der Waals surface area contributed by atoms with Crippen LogP contribution in [0.3, 0.4) is 0 Å². The number of hydrogen-bond donors (Lipinski definition) is 0. The number of benzene rings is 1. The summed E-state index contributed by atoms with van der Waals surface area (Å²) in [6, 6.07) is 9.46. The molecule has 3 nitrogen and oxygen atoms in total. The van der Waals surface area contributed by atoms with Gasteiger partial charge in [0.25, 0.3) is 0 Å². The highest BCUT2D eigenvalue weighted by molar-refractivity contribution is 5.97. The van der Waals surface area contributed by atoms with E-state index in [-0.39, 0.29) is 36.6 Å². The van der Waals surface area contributed by atoms with E-state index >= 15 is 0 Å². The summed E-state index contributed by atoms with van der Waals surface area (Å²) in [6.45, 7) is 7.99. The van der Waals surface area contributed by atoms with Crippen molar-refractivity contribution in [3.8, 4) is 0 Å². The highest BCUT2D eigenvalue weighted by Crippen LogP contribution is 2.11. The normalized spacial score (nSPS) is 10.8. The Bertz CT molecular complexity index is 416. The maximum absolute atomic E-state index is 12.1. The third-order valence-electron chi connectivity index (χ3n) is 3.06. The van der Waals surface area contributed by atoms with Crippen LogP contribution >= 0.6 is 0 Å². The Labute approximate surface area is 115 Å². The Morgan fingerprint density at radius 3 is 1.95 bits per heavy atom. The molecule has 0 spiro atoms. The summed E-state index contributed by atoms with van der Waals surface area (Å²) in [5.74, 6) is 0.0793. The van der Waals surface area contributed by atoms with Crippen molar-refractivity contribution in [3.05, 3.63) is 35.9 Å². The second-order valence-electron chi connectivity index (χ2n) is 5.28. The third kappa shape index (κ3) is 4.51. The fraction of sp³-hybridized carbons (Fsp3) is 0.500. The van der Waals surface area contributed by atoms with Crippen LogP contribution in [-0.2, 0) is 4.79 Å². The van der Waals surface area contributed by atoms with E-state index in [4.69, 9.17) is 0 Å². The van der Waals surface area contributed by atoms with Gasteiger partial charge in [0.15, 0.2) is 5.78 Å². The fourth-order valence-electron chi connectivity index (χ4n) is 2.29. The summed E-state index contributed by atoms with van der Waals surface area (Å²) in [7, 11) is 0. The number of carbonyl (C=O) groups excluding carboxylic acids is 2.